The lowest BCUT2D eigenvalue weighted by Crippen LogP contribution is -2.55. The molecule has 0 saturated carbocycles. The van der Waals surface area contributed by atoms with Crippen LogP contribution in [0.5, 0.6) is 0 Å². The van der Waals surface area contributed by atoms with Crippen LogP contribution in [0.4, 0.5) is 0 Å². The van der Waals surface area contributed by atoms with Gasteiger partial charge in [-0.3, -0.25) is 9.59 Å². The number of ether oxygens (including phenoxy) is 3. The molecule has 7 heteroatoms. The first-order valence-electron chi connectivity index (χ1n) is 13.7. The van der Waals surface area contributed by atoms with Crippen LogP contribution < -0.4 is 0 Å². The summed E-state index contributed by atoms with van der Waals surface area (Å²) in [6.07, 6.45) is 8.08. The molecule has 10 atom stereocenters. The highest BCUT2D eigenvalue weighted by atomic mass is 16.7. The van der Waals surface area contributed by atoms with E-state index in [4.69, 9.17) is 14.2 Å². The summed E-state index contributed by atoms with van der Waals surface area (Å²) in [7, 11) is 3.90. The topological polar surface area (TPSA) is 85.3 Å². The molecule has 0 aromatic rings. The standard InChI is InChI=1S/C29H49NO6/c1-9-25-18(2)12-10-11-13-24(31)20(4)16-21(5)28(19(3)14-15-26(32)35-25)36-29-27(33)23(30(7)8)17-22(6)34-29/h10-13,18-23,25,27-29,33H,9,14-17H2,1-8H3/b12-10+,13-11+. The summed E-state index contributed by atoms with van der Waals surface area (Å²) in [6, 6.07) is -0.0720. The number of aliphatic hydroxyl groups is 1. The van der Waals surface area contributed by atoms with Crippen molar-refractivity contribution in [3.05, 3.63) is 24.3 Å². The molecule has 0 amide bonds. The number of esters is 1. The zero-order valence-corrected chi connectivity index (χ0v) is 23.6. The summed E-state index contributed by atoms with van der Waals surface area (Å²) < 4.78 is 18.4. The highest BCUT2D eigenvalue weighted by Crippen LogP contribution is 2.32. The van der Waals surface area contributed by atoms with E-state index in [1.54, 1.807) is 12.2 Å². The molecule has 10 unspecified atom stereocenters. The van der Waals surface area contributed by atoms with E-state index in [0.717, 1.165) is 12.8 Å². The molecule has 206 valence electrons. The molecule has 0 radical (unpaired) electrons. The van der Waals surface area contributed by atoms with Gasteiger partial charge < -0.3 is 24.2 Å². The van der Waals surface area contributed by atoms with E-state index in [-0.39, 0.29) is 59.8 Å². The molecule has 0 aromatic heterocycles. The number of allylic oxidation sites excluding steroid dienone is 3. The van der Waals surface area contributed by atoms with Crippen LogP contribution >= 0.6 is 0 Å². The number of carbonyl (C=O) groups is 2. The van der Waals surface area contributed by atoms with Crippen molar-refractivity contribution in [2.75, 3.05) is 14.1 Å². The maximum absolute atomic E-state index is 12.8. The van der Waals surface area contributed by atoms with Crippen LogP contribution in [0.1, 0.15) is 73.6 Å². The second-order valence-electron chi connectivity index (χ2n) is 11.2. The van der Waals surface area contributed by atoms with Gasteiger partial charge in [-0.2, -0.15) is 0 Å². The highest BCUT2D eigenvalue weighted by molar-refractivity contribution is 5.91. The lowest BCUT2D eigenvalue weighted by molar-refractivity contribution is -0.279. The largest absolute Gasteiger partial charge is 0.462 e. The van der Waals surface area contributed by atoms with Crippen molar-refractivity contribution in [2.45, 2.75) is 110 Å². The van der Waals surface area contributed by atoms with Gasteiger partial charge in [0.2, 0.25) is 0 Å². The molecule has 0 spiro atoms. The Kier molecular flexibility index (Phi) is 12.3. The highest BCUT2D eigenvalue weighted by Gasteiger charge is 2.41. The number of nitrogens with zero attached hydrogens (tertiary/aromatic N) is 1. The summed E-state index contributed by atoms with van der Waals surface area (Å²) in [5.74, 6) is -0.239. The summed E-state index contributed by atoms with van der Waals surface area (Å²) >= 11 is 0. The van der Waals surface area contributed by atoms with Gasteiger partial charge in [-0.05, 0) is 64.6 Å². The van der Waals surface area contributed by atoms with E-state index >= 15 is 0 Å². The molecule has 2 aliphatic heterocycles. The van der Waals surface area contributed by atoms with Gasteiger partial charge >= 0.3 is 5.97 Å². The molecule has 0 bridgehead atoms. The monoisotopic (exact) mass is 507 g/mol. The third kappa shape index (κ3) is 8.79. The molecule has 1 fully saturated rings. The number of cyclic esters (lactones) is 1. The van der Waals surface area contributed by atoms with Gasteiger partial charge in [0.1, 0.15) is 12.2 Å². The van der Waals surface area contributed by atoms with Crippen LogP contribution in [0.15, 0.2) is 24.3 Å². The van der Waals surface area contributed by atoms with E-state index in [9.17, 15) is 14.7 Å². The van der Waals surface area contributed by atoms with Gasteiger partial charge in [-0.25, -0.2) is 0 Å². The normalized spacial score (nSPS) is 41.6. The Hall–Kier alpha value is -1.54. The van der Waals surface area contributed by atoms with Gasteiger partial charge in [-0.1, -0.05) is 52.8 Å². The fourth-order valence-electron chi connectivity index (χ4n) is 5.42. The van der Waals surface area contributed by atoms with Gasteiger partial charge in [0.25, 0.3) is 0 Å². The zero-order valence-electron chi connectivity index (χ0n) is 23.6. The van der Waals surface area contributed by atoms with Gasteiger partial charge in [0.15, 0.2) is 12.1 Å². The Labute approximate surface area is 218 Å². The van der Waals surface area contributed by atoms with Gasteiger partial charge in [0, 0.05) is 24.3 Å². The lowest BCUT2D eigenvalue weighted by atomic mass is 9.83. The first-order valence-corrected chi connectivity index (χ1v) is 13.7. The van der Waals surface area contributed by atoms with E-state index in [1.807, 2.05) is 58.8 Å². The Morgan fingerprint density at radius 1 is 1.06 bits per heavy atom. The molecular formula is C29H49NO6. The van der Waals surface area contributed by atoms with Crippen molar-refractivity contribution in [3.63, 3.8) is 0 Å². The number of rotatable bonds is 4. The third-order valence-electron chi connectivity index (χ3n) is 7.76. The molecule has 2 heterocycles. The smallest absolute Gasteiger partial charge is 0.306 e. The van der Waals surface area contributed by atoms with Crippen molar-refractivity contribution >= 4 is 11.8 Å². The molecule has 1 saturated heterocycles. The fraction of sp³-hybridized carbons (Fsp3) is 0.793. The molecule has 0 aromatic carbocycles. The number of likely N-dealkylation sites (N-methyl/N-ethyl adjacent to an activating group) is 1. The molecular weight excluding hydrogens is 458 g/mol. The van der Waals surface area contributed by atoms with Crippen molar-refractivity contribution < 1.29 is 28.9 Å². The Morgan fingerprint density at radius 3 is 2.39 bits per heavy atom. The molecule has 2 rings (SSSR count). The van der Waals surface area contributed by atoms with E-state index in [1.165, 1.54) is 0 Å². The van der Waals surface area contributed by atoms with Crippen molar-refractivity contribution in [1.29, 1.82) is 0 Å². The Balaban J connectivity index is 2.28. The number of aliphatic hydroxyl groups excluding tert-OH is 1. The van der Waals surface area contributed by atoms with Gasteiger partial charge in [0.05, 0.1) is 12.2 Å². The van der Waals surface area contributed by atoms with Gasteiger partial charge in [-0.15, -0.1) is 0 Å². The van der Waals surface area contributed by atoms with Crippen LogP contribution in [0.25, 0.3) is 0 Å². The van der Waals surface area contributed by atoms with E-state index in [0.29, 0.717) is 19.3 Å². The minimum absolute atomic E-state index is 0.00142. The average Bonchev–Trinajstić information content (AvgIpc) is 2.82. The van der Waals surface area contributed by atoms with E-state index in [2.05, 4.69) is 13.8 Å². The first-order chi connectivity index (χ1) is 16.9. The van der Waals surface area contributed by atoms with Crippen molar-refractivity contribution in [3.8, 4) is 0 Å². The van der Waals surface area contributed by atoms with Crippen LogP contribution in [-0.4, -0.2) is 72.6 Å². The number of hydrogen-bond donors (Lipinski definition) is 1. The second kappa shape index (κ2) is 14.4. The second-order valence-corrected chi connectivity index (χ2v) is 11.2. The number of hydrogen-bond acceptors (Lipinski definition) is 7. The zero-order chi connectivity index (χ0) is 27.0. The fourth-order valence-corrected chi connectivity index (χ4v) is 5.42. The van der Waals surface area contributed by atoms with Crippen LogP contribution in [-0.2, 0) is 23.8 Å². The van der Waals surface area contributed by atoms with Crippen molar-refractivity contribution in [1.82, 2.24) is 4.90 Å². The van der Waals surface area contributed by atoms with Crippen LogP contribution in [0.2, 0.25) is 0 Å². The maximum atomic E-state index is 12.8. The SMILES string of the molecule is CCC1OC(=O)CCC(C)C(OC2OC(C)CC(N(C)C)C2O)C(C)CC(C)C(=O)/C=C/C=C/C1C. The van der Waals surface area contributed by atoms with Crippen molar-refractivity contribution in [2.24, 2.45) is 23.7 Å². The third-order valence-corrected chi connectivity index (χ3v) is 7.76. The molecule has 2 aliphatic rings. The lowest BCUT2D eigenvalue weighted by Gasteiger charge is -2.43. The molecule has 7 nitrogen and oxygen atoms in total. The van der Waals surface area contributed by atoms with E-state index < -0.39 is 12.4 Å². The minimum Gasteiger partial charge on any atom is -0.462 e. The summed E-state index contributed by atoms with van der Waals surface area (Å²) in [4.78, 5) is 27.5. The Bertz CT molecular complexity index is 765. The molecule has 0 aliphatic carbocycles. The number of carbonyl (C=O) groups excluding carboxylic acids is 2. The summed E-state index contributed by atoms with van der Waals surface area (Å²) in [5.41, 5.74) is 0. The maximum Gasteiger partial charge on any atom is 0.306 e. The first kappa shape index (κ1) is 30.7. The minimum atomic E-state index is -0.790. The summed E-state index contributed by atoms with van der Waals surface area (Å²) in [6.45, 7) is 12.1. The predicted octanol–water partition coefficient (Wildman–Crippen LogP) is 4.53. The Morgan fingerprint density at radius 2 is 1.75 bits per heavy atom. The molecule has 1 N–H and O–H groups in total. The number of ketones is 1. The quantitative estimate of drug-likeness (QED) is 0.560. The predicted molar refractivity (Wildman–Crippen MR) is 141 cm³/mol. The summed E-state index contributed by atoms with van der Waals surface area (Å²) in [5, 5.41) is 11.0. The van der Waals surface area contributed by atoms with Crippen LogP contribution in [0.3, 0.4) is 0 Å². The molecule has 36 heavy (non-hydrogen) atoms. The average molecular weight is 508 g/mol. The van der Waals surface area contributed by atoms with Crippen LogP contribution in [0, 0.1) is 23.7 Å².